The van der Waals surface area contributed by atoms with Gasteiger partial charge in [-0.2, -0.15) is 5.10 Å². The van der Waals surface area contributed by atoms with Crippen LogP contribution in [0.4, 0.5) is 0 Å². The highest BCUT2D eigenvalue weighted by molar-refractivity contribution is 5.81. The minimum Gasteiger partial charge on any atom is -0.340 e. The molecule has 0 bridgehead atoms. The number of aryl methyl sites for hydroxylation is 2. The van der Waals surface area contributed by atoms with E-state index < -0.39 is 0 Å². The molecule has 0 aliphatic carbocycles. The van der Waals surface area contributed by atoms with Gasteiger partial charge in [0.15, 0.2) is 0 Å². The summed E-state index contributed by atoms with van der Waals surface area (Å²) in [4.78, 5) is 19.8. The Labute approximate surface area is 151 Å². The van der Waals surface area contributed by atoms with Crippen LogP contribution in [0.1, 0.15) is 43.9 Å². The van der Waals surface area contributed by atoms with E-state index in [1.54, 1.807) is 0 Å². The van der Waals surface area contributed by atoms with Crippen LogP contribution < -0.4 is 0 Å². The molecule has 0 N–H and O–H groups in total. The second kappa shape index (κ2) is 8.32. The van der Waals surface area contributed by atoms with E-state index in [0.29, 0.717) is 5.91 Å². The van der Waals surface area contributed by atoms with Gasteiger partial charge in [-0.05, 0) is 46.2 Å². The quantitative estimate of drug-likeness (QED) is 0.831. The average Bonchev–Trinajstić information content (AvgIpc) is 2.80. The second-order valence-electron chi connectivity index (χ2n) is 7.64. The fourth-order valence-corrected chi connectivity index (χ4v) is 4.12. The molecule has 6 nitrogen and oxygen atoms in total. The monoisotopic (exact) mass is 347 g/mol. The number of amides is 1. The highest BCUT2D eigenvalue weighted by Gasteiger charge is 2.28. The summed E-state index contributed by atoms with van der Waals surface area (Å²) in [6, 6.07) is 0.0346. The van der Waals surface area contributed by atoms with Crippen molar-refractivity contribution in [3.63, 3.8) is 0 Å². The minimum absolute atomic E-state index is 0.0346. The fourth-order valence-electron chi connectivity index (χ4n) is 4.12. The number of aromatic nitrogens is 2. The Morgan fingerprint density at radius 1 is 1.08 bits per heavy atom. The van der Waals surface area contributed by atoms with Crippen LogP contribution in [0.3, 0.4) is 0 Å². The molecule has 1 unspecified atom stereocenters. The van der Waals surface area contributed by atoms with E-state index in [4.69, 9.17) is 0 Å². The average molecular weight is 348 g/mol. The maximum atomic E-state index is 12.9. The summed E-state index contributed by atoms with van der Waals surface area (Å²) in [5.74, 6) is 0.321. The number of piperidine rings is 1. The molecule has 1 amide bonds. The molecule has 0 aromatic carbocycles. The predicted molar refractivity (Wildman–Crippen MR) is 99.3 cm³/mol. The van der Waals surface area contributed by atoms with E-state index in [9.17, 15) is 4.79 Å². The Bertz CT molecular complexity index is 578. The lowest BCUT2D eigenvalue weighted by molar-refractivity contribution is -0.136. The van der Waals surface area contributed by atoms with Crippen LogP contribution in [0.15, 0.2) is 6.20 Å². The van der Waals surface area contributed by atoms with E-state index in [-0.39, 0.29) is 6.04 Å². The number of carbonyl (C=O) groups excluding carboxylic acids is 1. The molecule has 0 spiro atoms. The van der Waals surface area contributed by atoms with Crippen LogP contribution in [0, 0.1) is 6.92 Å². The van der Waals surface area contributed by atoms with Crippen LogP contribution in [0.2, 0.25) is 0 Å². The molecule has 0 radical (unpaired) electrons. The summed E-state index contributed by atoms with van der Waals surface area (Å²) in [7, 11) is 1.97. The number of hydrogen-bond acceptors (Lipinski definition) is 4. The Morgan fingerprint density at radius 2 is 1.84 bits per heavy atom. The highest BCUT2D eigenvalue weighted by Crippen LogP contribution is 2.16. The van der Waals surface area contributed by atoms with E-state index in [0.717, 1.165) is 57.9 Å². The summed E-state index contributed by atoms with van der Waals surface area (Å²) in [5.41, 5.74) is 2.40. The first kappa shape index (κ1) is 18.4. The number of likely N-dealkylation sites (tertiary alicyclic amines) is 1. The van der Waals surface area contributed by atoms with Gasteiger partial charge in [0, 0.05) is 51.5 Å². The molecule has 0 saturated carbocycles. The standard InChI is InChI=1S/C19H33N5O/c1-16-18(14-21(3)20-16)15-22-8-7-11-24(13-12-22)19(25)17(2)23-9-5-4-6-10-23/h14,17H,4-13,15H2,1-3H3. The number of carbonyl (C=O) groups is 1. The summed E-state index contributed by atoms with van der Waals surface area (Å²) >= 11 is 0. The molecule has 3 rings (SSSR count). The Morgan fingerprint density at radius 3 is 2.52 bits per heavy atom. The first-order valence-corrected chi connectivity index (χ1v) is 9.79. The third kappa shape index (κ3) is 4.61. The van der Waals surface area contributed by atoms with Crippen LogP contribution in [0.25, 0.3) is 0 Å². The molecule has 25 heavy (non-hydrogen) atoms. The van der Waals surface area contributed by atoms with Crippen molar-refractivity contribution in [2.24, 2.45) is 7.05 Å². The zero-order valence-electron chi connectivity index (χ0n) is 16.1. The van der Waals surface area contributed by atoms with Gasteiger partial charge in [-0.25, -0.2) is 0 Å². The second-order valence-corrected chi connectivity index (χ2v) is 7.64. The van der Waals surface area contributed by atoms with Crippen molar-refractivity contribution in [3.8, 4) is 0 Å². The smallest absolute Gasteiger partial charge is 0.239 e. The lowest BCUT2D eigenvalue weighted by atomic mass is 10.1. The third-order valence-electron chi connectivity index (χ3n) is 5.71. The van der Waals surface area contributed by atoms with Gasteiger partial charge >= 0.3 is 0 Å². The summed E-state index contributed by atoms with van der Waals surface area (Å²) < 4.78 is 1.89. The van der Waals surface area contributed by atoms with Crippen molar-refractivity contribution in [3.05, 3.63) is 17.5 Å². The van der Waals surface area contributed by atoms with Crippen molar-refractivity contribution >= 4 is 5.91 Å². The molecule has 6 heteroatoms. The van der Waals surface area contributed by atoms with Crippen LogP contribution in [-0.2, 0) is 18.4 Å². The van der Waals surface area contributed by atoms with E-state index in [1.807, 2.05) is 11.7 Å². The van der Waals surface area contributed by atoms with Crippen molar-refractivity contribution in [1.29, 1.82) is 0 Å². The molecule has 1 atom stereocenters. The molecule has 2 fully saturated rings. The zero-order chi connectivity index (χ0) is 17.8. The van der Waals surface area contributed by atoms with E-state index in [1.165, 1.54) is 24.8 Å². The largest absolute Gasteiger partial charge is 0.340 e. The summed E-state index contributed by atoms with van der Waals surface area (Å²) in [5, 5.41) is 4.44. The molecule has 1 aromatic heterocycles. The van der Waals surface area contributed by atoms with Gasteiger partial charge in [0.25, 0.3) is 0 Å². The molecule has 1 aromatic rings. The Kier molecular flexibility index (Phi) is 6.12. The lowest BCUT2D eigenvalue weighted by Gasteiger charge is -2.34. The summed E-state index contributed by atoms with van der Waals surface area (Å²) in [6.07, 6.45) is 6.94. The predicted octanol–water partition coefficient (Wildman–Crippen LogP) is 1.64. The number of rotatable bonds is 4. The van der Waals surface area contributed by atoms with E-state index >= 15 is 0 Å². The van der Waals surface area contributed by atoms with Crippen molar-refractivity contribution in [2.75, 3.05) is 39.3 Å². The summed E-state index contributed by atoms with van der Waals surface area (Å²) in [6.45, 7) is 11.0. The van der Waals surface area contributed by atoms with Gasteiger partial charge in [-0.1, -0.05) is 6.42 Å². The Balaban J connectivity index is 1.53. The van der Waals surface area contributed by atoms with E-state index in [2.05, 4.69) is 39.8 Å². The van der Waals surface area contributed by atoms with Crippen molar-refractivity contribution in [1.82, 2.24) is 24.5 Å². The lowest BCUT2D eigenvalue weighted by Crippen LogP contribution is -2.49. The minimum atomic E-state index is 0.0346. The van der Waals surface area contributed by atoms with Crippen LogP contribution in [-0.4, -0.2) is 75.7 Å². The maximum Gasteiger partial charge on any atom is 0.239 e. The number of nitrogens with zero attached hydrogens (tertiary/aromatic N) is 5. The van der Waals surface area contributed by atoms with Crippen molar-refractivity contribution in [2.45, 2.75) is 52.1 Å². The fraction of sp³-hybridized carbons (Fsp3) is 0.789. The topological polar surface area (TPSA) is 44.6 Å². The first-order valence-electron chi connectivity index (χ1n) is 9.79. The van der Waals surface area contributed by atoms with Crippen LogP contribution >= 0.6 is 0 Å². The van der Waals surface area contributed by atoms with Gasteiger partial charge in [0.05, 0.1) is 11.7 Å². The highest BCUT2D eigenvalue weighted by atomic mass is 16.2. The molecular weight excluding hydrogens is 314 g/mol. The molecule has 3 heterocycles. The molecule has 2 saturated heterocycles. The van der Waals surface area contributed by atoms with Crippen LogP contribution in [0.5, 0.6) is 0 Å². The Hall–Kier alpha value is -1.40. The third-order valence-corrected chi connectivity index (χ3v) is 5.71. The molecule has 2 aliphatic heterocycles. The maximum absolute atomic E-state index is 12.9. The zero-order valence-corrected chi connectivity index (χ0v) is 16.1. The molecule has 2 aliphatic rings. The van der Waals surface area contributed by atoms with Gasteiger partial charge in [0.2, 0.25) is 5.91 Å². The number of hydrogen-bond donors (Lipinski definition) is 0. The first-order chi connectivity index (χ1) is 12.0. The normalized spacial score (nSPS) is 22.0. The van der Waals surface area contributed by atoms with Crippen molar-refractivity contribution < 1.29 is 4.79 Å². The van der Waals surface area contributed by atoms with Gasteiger partial charge in [0.1, 0.15) is 0 Å². The molecule has 140 valence electrons. The van der Waals surface area contributed by atoms with Gasteiger partial charge in [-0.3, -0.25) is 19.3 Å². The van der Waals surface area contributed by atoms with Gasteiger partial charge < -0.3 is 4.90 Å². The van der Waals surface area contributed by atoms with Gasteiger partial charge in [-0.15, -0.1) is 0 Å². The molecular formula is C19H33N5O. The SMILES string of the molecule is Cc1nn(C)cc1CN1CCCN(C(=O)C(C)N2CCCCC2)CC1.